The molecule has 122 valence electrons. The van der Waals surface area contributed by atoms with Gasteiger partial charge in [0.25, 0.3) is 5.91 Å². The molecule has 0 aromatic carbocycles. The van der Waals surface area contributed by atoms with Crippen LogP contribution in [0.4, 0.5) is 5.95 Å². The lowest BCUT2D eigenvalue weighted by atomic mass is 10.1. The zero-order valence-electron chi connectivity index (χ0n) is 13.4. The third-order valence-corrected chi connectivity index (χ3v) is 4.45. The second kappa shape index (κ2) is 6.59. The average molecular weight is 333 g/mol. The predicted molar refractivity (Wildman–Crippen MR) is 87.8 cm³/mol. The van der Waals surface area contributed by atoms with Crippen LogP contribution >= 0.6 is 11.5 Å². The molecule has 23 heavy (non-hydrogen) atoms. The summed E-state index contributed by atoms with van der Waals surface area (Å²) in [6.45, 7) is 3.41. The number of carbonyl (C=O) groups is 1. The van der Waals surface area contributed by atoms with Crippen molar-refractivity contribution < 1.29 is 9.53 Å². The van der Waals surface area contributed by atoms with Crippen molar-refractivity contribution >= 4 is 23.4 Å². The molecule has 7 nitrogen and oxygen atoms in total. The zero-order chi connectivity index (χ0) is 16.4. The molecule has 1 atom stereocenters. The van der Waals surface area contributed by atoms with Gasteiger partial charge in [-0.15, -0.1) is 0 Å². The van der Waals surface area contributed by atoms with Crippen LogP contribution in [-0.4, -0.2) is 58.9 Å². The van der Waals surface area contributed by atoms with Crippen molar-refractivity contribution in [2.75, 3.05) is 38.7 Å². The van der Waals surface area contributed by atoms with E-state index in [0.29, 0.717) is 31.2 Å². The Balaban J connectivity index is 1.77. The van der Waals surface area contributed by atoms with E-state index in [1.807, 2.05) is 36.9 Å². The van der Waals surface area contributed by atoms with Gasteiger partial charge in [0.2, 0.25) is 5.95 Å². The summed E-state index contributed by atoms with van der Waals surface area (Å²) in [5.74, 6) is 0.638. The quantitative estimate of drug-likeness (QED) is 0.848. The van der Waals surface area contributed by atoms with Crippen LogP contribution in [0.15, 0.2) is 17.6 Å². The van der Waals surface area contributed by atoms with Gasteiger partial charge in [0, 0.05) is 32.2 Å². The number of aromatic nitrogens is 3. The third kappa shape index (κ3) is 3.32. The highest BCUT2D eigenvalue weighted by Gasteiger charge is 2.28. The summed E-state index contributed by atoms with van der Waals surface area (Å²) in [4.78, 5) is 25.0. The zero-order valence-corrected chi connectivity index (χ0v) is 14.2. The molecular weight excluding hydrogens is 314 g/mol. The van der Waals surface area contributed by atoms with Gasteiger partial charge in [-0.2, -0.15) is 4.37 Å². The van der Waals surface area contributed by atoms with Crippen LogP contribution in [0.5, 0.6) is 0 Å². The van der Waals surface area contributed by atoms with E-state index >= 15 is 0 Å². The van der Waals surface area contributed by atoms with Gasteiger partial charge >= 0.3 is 0 Å². The predicted octanol–water partition coefficient (Wildman–Crippen LogP) is 1.52. The van der Waals surface area contributed by atoms with Gasteiger partial charge in [0.05, 0.1) is 30.1 Å². The molecule has 0 unspecified atom stereocenters. The largest absolute Gasteiger partial charge is 0.368 e. The fourth-order valence-corrected chi connectivity index (χ4v) is 3.12. The lowest BCUT2D eigenvalue weighted by molar-refractivity contribution is -0.0247. The third-order valence-electron chi connectivity index (χ3n) is 3.73. The Kier molecular flexibility index (Phi) is 4.53. The van der Waals surface area contributed by atoms with Gasteiger partial charge in [-0.3, -0.25) is 4.79 Å². The van der Waals surface area contributed by atoms with Gasteiger partial charge in [-0.1, -0.05) is 0 Å². The molecule has 0 bridgehead atoms. The second-order valence-corrected chi connectivity index (χ2v) is 6.23. The van der Waals surface area contributed by atoms with Crippen molar-refractivity contribution in [2.24, 2.45) is 0 Å². The van der Waals surface area contributed by atoms with Crippen molar-refractivity contribution in [3.05, 3.63) is 34.6 Å². The molecule has 2 aromatic rings. The van der Waals surface area contributed by atoms with E-state index in [2.05, 4.69) is 14.3 Å². The van der Waals surface area contributed by atoms with Gasteiger partial charge in [0.1, 0.15) is 6.10 Å². The van der Waals surface area contributed by atoms with Crippen molar-refractivity contribution in [3.63, 3.8) is 0 Å². The summed E-state index contributed by atoms with van der Waals surface area (Å²) in [6.07, 6.45) is 1.48. The van der Waals surface area contributed by atoms with E-state index in [4.69, 9.17) is 4.74 Å². The van der Waals surface area contributed by atoms with Crippen molar-refractivity contribution in [1.29, 1.82) is 0 Å². The normalized spacial score (nSPS) is 18.0. The number of anilines is 1. The molecule has 0 aliphatic carbocycles. The number of nitrogens with zero attached hydrogens (tertiary/aromatic N) is 5. The molecule has 0 saturated carbocycles. The molecule has 0 N–H and O–H groups in total. The molecule has 0 spiro atoms. The number of rotatable bonds is 3. The average Bonchev–Trinajstić information content (AvgIpc) is 3.00. The molecule has 1 fully saturated rings. The van der Waals surface area contributed by atoms with Crippen LogP contribution in [0, 0.1) is 6.92 Å². The van der Waals surface area contributed by atoms with Gasteiger partial charge in [0.15, 0.2) is 0 Å². The van der Waals surface area contributed by atoms with E-state index in [1.165, 1.54) is 11.5 Å². The number of ether oxygens (including phenoxy) is 1. The Labute approximate surface area is 139 Å². The first-order chi connectivity index (χ1) is 11.1. The van der Waals surface area contributed by atoms with Crippen LogP contribution in [0.25, 0.3) is 0 Å². The Morgan fingerprint density at radius 3 is 3.00 bits per heavy atom. The van der Waals surface area contributed by atoms with Crippen molar-refractivity contribution in [2.45, 2.75) is 13.0 Å². The standard InChI is InChI=1S/C15H19N5O2S/c1-10-11(9-23-18-10)14(21)20-6-7-22-13(8-20)12-4-5-16-15(17-12)19(2)3/h4-5,9,13H,6-8H2,1-3H3/t13-/m1/s1. The maximum atomic E-state index is 12.6. The van der Waals surface area contributed by atoms with Crippen LogP contribution < -0.4 is 4.90 Å². The van der Waals surface area contributed by atoms with Crippen LogP contribution in [-0.2, 0) is 4.74 Å². The molecule has 3 rings (SSSR count). The molecule has 1 aliphatic heterocycles. The van der Waals surface area contributed by atoms with Crippen LogP contribution in [0.1, 0.15) is 27.8 Å². The number of hydrogen-bond acceptors (Lipinski definition) is 7. The molecule has 0 radical (unpaired) electrons. The minimum atomic E-state index is -0.235. The summed E-state index contributed by atoms with van der Waals surface area (Å²) in [6, 6.07) is 1.84. The van der Waals surface area contributed by atoms with Gasteiger partial charge < -0.3 is 14.5 Å². The fourth-order valence-electron chi connectivity index (χ4n) is 2.44. The van der Waals surface area contributed by atoms with E-state index in [9.17, 15) is 4.79 Å². The number of morpholine rings is 1. The van der Waals surface area contributed by atoms with Crippen LogP contribution in [0.2, 0.25) is 0 Å². The Morgan fingerprint density at radius 2 is 2.30 bits per heavy atom. The lowest BCUT2D eigenvalue weighted by Gasteiger charge is -2.32. The second-order valence-electron chi connectivity index (χ2n) is 5.60. The first-order valence-electron chi connectivity index (χ1n) is 7.38. The summed E-state index contributed by atoms with van der Waals surface area (Å²) in [7, 11) is 3.78. The number of aryl methyl sites for hydroxylation is 1. The molecule has 2 aromatic heterocycles. The van der Waals surface area contributed by atoms with Crippen molar-refractivity contribution in [1.82, 2.24) is 19.2 Å². The van der Waals surface area contributed by atoms with E-state index in [1.54, 1.807) is 11.6 Å². The molecule has 1 amide bonds. The van der Waals surface area contributed by atoms with Gasteiger partial charge in [-0.25, -0.2) is 9.97 Å². The van der Waals surface area contributed by atoms with Crippen LogP contribution in [0.3, 0.4) is 0 Å². The fraction of sp³-hybridized carbons (Fsp3) is 0.467. The minimum absolute atomic E-state index is 0.00596. The Hall–Kier alpha value is -2.06. The first-order valence-corrected chi connectivity index (χ1v) is 8.22. The summed E-state index contributed by atoms with van der Waals surface area (Å²) in [5, 5.41) is 1.80. The first kappa shape index (κ1) is 15.8. The summed E-state index contributed by atoms with van der Waals surface area (Å²) >= 11 is 1.31. The summed E-state index contributed by atoms with van der Waals surface area (Å²) in [5.41, 5.74) is 2.24. The molecule has 3 heterocycles. The molecule has 8 heteroatoms. The molecule has 1 saturated heterocycles. The van der Waals surface area contributed by atoms with E-state index in [0.717, 1.165) is 11.4 Å². The lowest BCUT2D eigenvalue weighted by Crippen LogP contribution is -2.42. The highest BCUT2D eigenvalue weighted by Crippen LogP contribution is 2.23. The molecular formula is C15H19N5O2S. The summed E-state index contributed by atoms with van der Waals surface area (Å²) < 4.78 is 9.99. The SMILES string of the molecule is Cc1nscc1C(=O)N1CCO[C@@H](c2ccnc(N(C)C)n2)C1. The number of amides is 1. The maximum Gasteiger partial charge on any atom is 0.256 e. The Morgan fingerprint density at radius 1 is 1.48 bits per heavy atom. The van der Waals surface area contributed by atoms with E-state index in [-0.39, 0.29) is 12.0 Å². The highest BCUT2D eigenvalue weighted by atomic mass is 32.1. The monoisotopic (exact) mass is 333 g/mol. The number of hydrogen-bond donors (Lipinski definition) is 0. The van der Waals surface area contributed by atoms with E-state index < -0.39 is 0 Å². The molecule has 1 aliphatic rings. The number of carbonyl (C=O) groups excluding carboxylic acids is 1. The smallest absolute Gasteiger partial charge is 0.256 e. The topological polar surface area (TPSA) is 71.5 Å². The maximum absolute atomic E-state index is 12.6. The van der Waals surface area contributed by atoms with Gasteiger partial charge in [-0.05, 0) is 24.5 Å². The highest BCUT2D eigenvalue weighted by molar-refractivity contribution is 7.03. The Bertz CT molecular complexity index is 703. The minimum Gasteiger partial charge on any atom is -0.368 e. The van der Waals surface area contributed by atoms with Crippen molar-refractivity contribution in [3.8, 4) is 0 Å².